The van der Waals surface area contributed by atoms with Crippen molar-refractivity contribution in [1.29, 1.82) is 0 Å². The highest BCUT2D eigenvalue weighted by Crippen LogP contribution is 2.31. The summed E-state index contributed by atoms with van der Waals surface area (Å²) in [5.41, 5.74) is 1.21. The van der Waals surface area contributed by atoms with Gasteiger partial charge in [-0.1, -0.05) is 34.1 Å². The number of benzene rings is 2. The molecular formula is C20H20BrF3N4O3S. The molecule has 12 heteroatoms. The molecule has 0 atom stereocenters. The van der Waals surface area contributed by atoms with Crippen molar-refractivity contribution >= 4 is 38.1 Å². The Bertz CT molecular complexity index is 1080. The largest absolute Gasteiger partial charge is 0.417 e. The van der Waals surface area contributed by atoms with Crippen LogP contribution in [-0.2, 0) is 21.0 Å². The summed E-state index contributed by atoms with van der Waals surface area (Å²) >= 11 is 3.27. The van der Waals surface area contributed by atoms with Gasteiger partial charge in [-0.3, -0.25) is 9.69 Å². The van der Waals surface area contributed by atoms with Crippen LogP contribution in [0.25, 0.3) is 0 Å². The van der Waals surface area contributed by atoms with Gasteiger partial charge in [0.1, 0.15) is 0 Å². The standard InChI is InChI=1S/C20H20BrF3N4O3S/c21-16-5-7-17(8-6-16)32(30,31)28-11-9-27(10-12-28)14-19(29)26-25-13-15-3-1-2-4-18(15)20(22,23)24/h1-8,13H,9-12,14H2,(H,26,29)/b25-13+. The number of hydrogen-bond acceptors (Lipinski definition) is 5. The number of piperazine rings is 1. The fraction of sp³-hybridized carbons (Fsp3) is 0.300. The van der Waals surface area contributed by atoms with Crippen LogP contribution in [0.4, 0.5) is 13.2 Å². The molecule has 1 N–H and O–H groups in total. The minimum Gasteiger partial charge on any atom is -0.292 e. The summed E-state index contributed by atoms with van der Waals surface area (Å²) in [7, 11) is -3.62. The molecule has 1 aliphatic rings. The lowest BCUT2D eigenvalue weighted by atomic mass is 10.1. The summed E-state index contributed by atoms with van der Waals surface area (Å²) in [6.45, 7) is 1.06. The second-order valence-corrected chi connectivity index (χ2v) is 9.87. The van der Waals surface area contributed by atoms with E-state index < -0.39 is 27.7 Å². The molecule has 0 saturated carbocycles. The van der Waals surface area contributed by atoms with E-state index in [2.05, 4.69) is 26.5 Å². The van der Waals surface area contributed by atoms with Crippen molar-refractivity contribution < 1.29 is 26.4 Å². The molecule has 1 aliphatic heterocycles. The number of amides is 1. The lowest BCUT2D eigenvalue weighted by Gasteiger charge is -2.33. The third-order valence-corrected chi connectivity index (χ3v) is 7.25. The Morgan fingerprint density at radius 2 is 1.69 bits per heavy atom. The quantitative estimate of drug-likeness (QED) is 0.458. The summed E-state index contributed by atoms with van der Waals surface area (Å²) in [6.07, 6.45) is -3.58. The Morgan fingerprint density at radius 3 is 2.31 bits per heavy atom. The van der Waals surface area contributed by atoms with Crippen LogP contribution in [0.1, 0.15) is 11.1 Å². The number of carbonyl (C=O) groups excluding carboxylic acids is 1. The molecule has 7 nitrogen and oxygen atoms in total. The van der Waals surface area contributed by atoms with Gasteiger partial charge in [-0.2, -0.15) is 22.6 Å². The Balaban J connectivity index is 1.51. The lowest BCUT2D eigenvalue weighted by Crippen LogP contribution is -2.50. The lowest BCUT2D eigenvalue weighted by molar-refractivity contribution is -0.137. The number of hydrazone groups is 1. The fourth-order valence-electron chi connectivity index (χ4n) is 3.16. The molecule has 0 bridgehead atoms. The first kappa shape index (κ1) is 24.4. The first-order valence-electron chi connectivity index (χ1n) is 9.53. The molecule has 2 aromatic carbocycles. The van der Waals surface area contributed by atoms with E-state index in [-0.39, 0.29) is 30.1 Å². The van der Waals surface area contributed by atoms with Gasteiger partial charge in [-0.25, -0.2) is 13.8 Å². The Labute approximate surface area is 192 Å². The van der Waals surface area contributed by atoms with Crippen molar-refractivity contribution in [3.8, 4) is 0 Å². The van der Waals surface area contributed by atoms with Crippen LogP contribution in [0, 0.1) is 0 Å². The Morgan fingerprint density at radius 1 is 1.06 bits per heavy atom. The number of sulfonamides is 1. The van der Waals surface area contributed by atoms with Gasteiger partial charge in [0, 0.05) is 36.2 Å². The van der Waals surface area contributed by atoms with E-state index in [1.54, 1.807) is 17.0 Å². The molecule has 1 saturated heterocycles. The van der Waals surface area contributed by atoms with Crippen molar-refractivity contribution in [3.05, 3.63) is 64.1 Å². The molecule has 3 rings (SSSR count). The molecule has 172 valence electrons. The molecule has 0 unspecified atom stereocenters. The van der Waals surface area contributed by atoms with E-state index in [9.17, 15) is 26.4 Å². The second-order valence-electron chi connectivity index (χ2n) is 7.01. The van der Waals surface area contributed by atoms with Gasteiger partial charge in [0.05, 0.1) is 23.2 Å². The summed E-state index contributed by atoms with van der Waals surface area (Å²) in [5, 5.41) is 3.62. The minimum atomic E-state index is -4.52. The normalized spacial score (nSPS) is 16.4. The Kier molecular flexibility index (Phi) is 7.70. The maximum Gasteiger partial charge on any atom is 0.417 e. The first-order valence-corrected chi connectivity index (χ1v) is 11.8. The van der Waals surface area contributed by atoms with Crippen molar-refractivity contribution in [2.45, 2.75) is 11.1 Å². The van der Waals surface area contributed by atoms with Crippen LogP contribution in [0.15, 0.2) is 63.0 Å². The van der Waals surface area contributed by atoms with E-state index >= 15 is 0 Å². The zero-order chi connectivity index (χ0) is 23.4. The van der Waals surface area contributed by atoms with E-state index in [4.69, 9.17) is 0 Å². The zero-order valence-electron chi connectivity index (χ0n) is 16.7. The van der Waals surface area contributed by atoms with Crippen LogP contribution < -0.4 is 5.43 Å². The highest BCUT2D eigenvalue weighted by atomic mass is 79.9. The van der Waals surface area contributed by atoms with Gasteiger partial charge in [-0.05, 0) is 30.3 Å². The number of nitrogens with one attached hydrogen (secondary N) is 1. The topological polar surface area (TPSA) is 82.1 Å². The minimum absolute atomic E-state index is 0.0512. The molecule has 0 spiro atoms. The molecule has 1 fully saturated rings. The average molecular weight is 533 g/mol. The van der Waals surface area contributed by atoms with Gasteiger partial charge >= 0.3 is 6.18 Å². The van der Waals surface area contributed by atoms with Gasteiger partial charge in [0.15, 0.2) is 0 Å². The van der Waals surface area contributed by atoms with Crippen molar-refractivity contribution in [2.75, 3.05) is 32.7 Å². The van der Waals surface area contributed by atoms with E-state index in [0.29, 0.717) is 13.1 Å². The van der Waals surface area contributed by atoms with Crippen LogP contribution in [0.3, 0.4) is 0 Å². The monoisotopic (exact) mass is 532 g/mol. The third kappa shape index (κ3) is 6.15. The average Bonchev–Trinajstić information content (AvgIpc) is 2.74. The maximum absolute atomic E-state index is 13.0. The smallest absolute Gasteiger partial charge is 0.292 e. The number of rotatable bonds is 6. The summed E-state index contributed by atoms with van der Waals surface area (Å²) in [5.74, 6) is -0.505. The molecule has 1 heterocycles. The van der Waals surface area contributed by atoms with Crippen LogP contribution in [-0.4, -0.2) is 62.5 Å². The predicted molar refractivity (Wildman–Crippen MR) is 117 cm³/mol. The highest BCUT2D eigenvalue weighted by Gasteiger charge is 2.32. The van der Waals surface area contributed by atoms with Gasteiger partial charge in [0.2, 0.25) is 10.0 Å². The van der Waals surface area contributed by atoms with E-state index in [1.165, 1.54) is 34.6 Å². The van der Waals surface area contributed by atoms with Gasteiger partial charge in [0.25, 0.3) is 5.91 Å². The number of alkyl halides is 3. The number of halogens is 4. The molecule has 0 aliphatic carbocycles. The summed E-state index contributed by atoms with van der Waals surface area (Å²) < 4.78 is 66.5. The number of carbonyl (C=O) groups is 1. The van der Waals surface area contributed by atoms with Gasteiger partial charge in [-0.15, -0.1) is 0 Å². The molecule has 32 heavy (non-hydrogen) atoms. The van der Waals surface area contributed by atoms with E-state index in [0.717, 1.165) is 16.8 Å². The summed E-state index contributed by atoms with van der Waals surface area (Å²) in [6, 6.07) is 11.3. The number of nitrogens with zero attached hydrogens (tertiary/aromatic N) is 3. The first-order chi connectivity index (χ1) is 15.1. The van der Waals surface area contributed by atoms with E-state index in [1.807, 2.05) is 0 Å². The van der Waals surface area contributed by atoms with Gasteiger partial charge < -0.3 is 0 Å². The highest BCUT2D eigenvalue weighted by molar-refractivity contribution is 9.10. The predicted octanol–water partition coefficient (Wildman–Crippen LogP) is 2.92. The molecule has 0 aromatic heterocycles. The van der Waals surface area contributed by atoms with Crippen LogP contribution in [0.2, 0.25) is 0 Å². The number of hydrogen-bond donors (Lipinski definition) is 1. The SMILES string of the molecule is O=C(CN1CCN(S(=O)(=O)c2ccc(Br)cc2)CC1)N/N=C/c1ccccc1C(F)(F)F. The van der Waals surface area contributed by atoms with Crippen molar-refractivity contribution in [2.24, 2.45) is 5.10 Å². The van der Waals surface area contributed by atoms with Crippen molar-refractivity contribution in [3.63, 3.8) is 0 Å². The molecule has 0 radical (unpaired) electrons. The maximum atomic E-state index is 13.0. The van der Waals surface area contributed by atoms with Crippen LogP contribution in [0.5, 0.6) is 0 Å². The summed E-state index contributed by atoms with van der Waals surface area (Å²) in [4.78, 5) is 14.0. The Hall–Kier alpha value is -2.28. The van der Waals surface area contributed by atoms with Crippen LogP contribution >= 0.6 is 15.9 Å². The fourth-order valence-corrected chi connectivity index (χ4v) is 4.85. The molecule has 2 aromatic rings. The van der Waals surface area contributed by atoms with Crippen molar-refractivity contribution in [1.82, 2.24) is 14.6 Å². The third-order valence-electron chi connectivity index (χ3n) is 4.81. The zero-order valence-corrected chi connectivity index (χ0v) is 19.1. The molecule has 1 amide bonds. The second kappa shape index (κ2) is 10.1. The molecular weight excluding hydrogens is 513 g/mol.